The maximum Gasteiger partial charge on any atom is 0.295 e. The lowest BCUT2D eigenvalue weighted by Gasteiger charge is -2.32. The summed E-state index contributed by atoms with van der Waals surface area (Å²) in [4.78, 5) is 29.4. The van der Waals surface area contributed by atoms with Crippen LogP contribution in [0.3, 0.4) is 0 Å². The zero-order chi connectivity index (χ0) is 13.9. The normalized spacial score (nSPS) is 14.1. The van der Waals surface area contributed by atoms with Crippen LogP contribution in [0.1, 0.15) is 20.8 Å². The van der Waals surface area contributed by atoms with Gasteiger partial charge in [0.25, 0.3) is 5.56 Å². The largest absolute Gasteiger partial charge is 0.489 e. The van der Waals surface area contributed by atoms with Gasteiger partial charge >= 0.3 is 0 Å². The number of aromatic nitrogens is 2. The van der Waals surface area contributed by atoms with Gasteiger partial charge < -0.3 is 20.8 Å². The first kappa shape index (κ1) is 14.0. The van der Waals surface area contributed by atoms with Crippen molar-refractivity contribution in [2.75, 3.05) is 12.4 Å². The van der Waals surface area contributed by atoms with Crippen molar-refractivity contribution in [3.05, 3.63) is 16.7 Å². The molecule has 100 valence electrons. The molecule has 0 bridgehead atoms. The van der Waals surface area contributed by atoms with Crippen molar-refractivity contribution in [1.82, 2.24) is 9.97 Å². The molecule has 0 saturated carbocycles. The monoisotopic (exact) mass is 254 g/mol. The van der Waals surface area contributed by atoms with Crippen LogP contribution in [0.4, 0.5) is 5.82 Å². The molecule has 18 heavy (non-hydrogen) atoms. The number of H-pyrrole nitrogens is 1. The number of ether oxygens (including phenoxy) is 1. The quantitative estimate of drug-likeness (QED) is 0.689. The number of carbonyl (C=O) groups excluding carboxylic acids is 1. The van der Waals surface area contributed by atoms with Crippen LogP contribution in [0.2, 0.25) is 0 Å². The van der Waals surface area contributed by atoms with Crippen molar-refractivity contribution in [3.8, 4) is 5.75 Å². The summed E-state index contributed by atoms with van der Waals surface area (Å²) in [6, 6.07) is 0. The van der Waals surface area contributed by atoms with Crippen molar-refractivity contribution in [2.24, 2.45) is 11.7 Å². The molecule has 4 N–H and O–H groups in total. The highest BCUT2D eigenvalue weighted by molar-refractivity contribution is 5.87. The number of hydrogen-bond donors (Lipinski definition) is 3. The van der Waals surface area contributed by atoms with Crippen LogP contribution in [0.15, 0.2) is 11.1 Å². The summed E-state index contributed by atoms with van der Waals surface area (Å²) in [5.41, 5.74) is 3.95. The Morgan fingerprint density at radius 3 is 2.67 bits per heavy atom. The summed E-state index contributed by atoms with van der Waals surface area (Å²) in [7, 11) is 1.36. The number of methoxy groups -OCH3 is 1. The standard InChI is InChI=1S/C11H18N4O3/c1-6(2)11(3,10(12)17)15-8-7(18-4)9(16)14-5-13-8/h5-6H,1-4H3,(H2,12,17)(H2,13,14,15,16). The van der Waals surface area contributed by atoms with Crippen LogP contribution >= 0.6 is 0 Å². The van der Waals surface area contributed by atoms with E-state index >= 15 is 0 Å². The Morgan fingerprint density at radius 1 is 1.61 bits per heavy atom. The minimum Gasteiger partial charge on any atom is -0.489 e. The Balaban J connectivity index is 3.21. The molecule has 0 aromatic carbocycles. The van der Waals surface area contributed by atoms with Gasteiger partial charge in [0, 0.05) is 0 Å². The molecule has 1 amide bonds. The molecular formula is C11H18N4O3. The summed E-state index contributed by atoms with van der Waals surface area (Å²) >= 11 is 0. The van der Waals surface area contributed by atoms with Crippen LogP contribution in [0, 0.1) is 5.92 Å². The van der Waals surface area contributed by atoms with Gasteiger partial charge in [-0.3, -0.25) is 9.59 Å². The molecule has 1 heterocycles. The third-order valence-corrected chi connectivity index (χ3v) is 3.06. The second-order valence-corrected chi connectivity index (χ2v) is 4.46. The Morgan fingerprint density at radius 2 is 2.22 bits per heavy atom. The molecule has 0 aliphatic carbocycles. The fourth-order valence-electron chi connectivity index (χ4n) is 1.40. The van der Waals surface area contributed by atoms with Crippen LogP contribution in [-0.4, -0.2) is 28.5 Å². The highest BCUT2D eigenvalue weighted by Crippen LogP contribution is 2.25. The van der Waals surface area contributed by atoms with Crippen LogP contribution in [-0.2, 0) is 4.79 Å². The van der Waals surface area contributed by atoms with Gasteiger partial charge in [0.05, 0.1) is 13.4 Å². The molecule has 1 aromatic heterocycles. The third kappa shape index (κ3) is 2.44. The van der Waals surface area contributed by atoms with E-state index in [1.54, 1.807) is 6.92 Å². The number of nitrogens with one attached hydrogen (secondary N) is 2. The van der Waals surface area contributed by atoms with E-state index in [0.717, 1.165) is 0 Å². The SMILES string of the molecule is COc1c(NC(C)(C(N)=O)C(C)C)nc[nH]c1=O. The zero-order valence-electron chi connectivity index (χ0n) is 10.9. The molecule has 1 unspecified atom stereocenters. The van der Waals surface area contributed by atoms with E-state index in [1.165, 1.54) is 13.4 Å². The van der Waals surface area contributed by atoms with Crippen molar-refractivity contribution in [2.45, 2.75) is 26.3 Å². The first-order valence-electron chi connectivity index (χ1n) is 5.52. The number of aromatic amines is 1. The number of carbonyl (C=O) groups is 1. The molecule has 7 nitrogen and oxygen atoms in total. The van der Waals surface area contributed by atoms with E-state index in [0.29, 0.717) is 0 Å². The second kappa shape index (κ2) is 5.07. The van der Waals surface area contributed by atoms with Gasteiger partial charge in [-0.2, -0.15) is 0 Å². The highest BCUT2D eigenvalue weighted by Gasteiger charge is 2.36. The van der Waals surface area contributed by atoms with Gasteiger partial charge in [-0.05, 0) is 12.8 Å². The third-order valence-electron chi connectivity index (χ3n) is 3.06. The molecule has 0 aliphatic rings. The number of amides is 1. The van der Waals surface area contributed by atoms with Crippen molar-refractivity contribution < 1.29 is 9.53 Å². The topological polar surface area (TPSA) is 110 Å². The zero-order valence-corrected chi connectivity index (χ0v) is 10.9. The lowest BCUT2D eigenvalue weighted by Crippen LogP contribution is -2.52. The molecule has 0 spiro atoms. The fourth-order valence-corrected chi connectivity index (χ4v) is 1.40. The molecule has 1 atom stereocenters. The molecule has 0 radical (unpaired) electrons. The van der Waals surface area contributed by atoms with E-state index in [9.17, 15) is 9.59 Å². The van der Waals surface area contributed by atoms with E-state index in [-0.39, 0.29) is 17.5 Å². The average Bonchev–Trinajstić information content (AvgIpc) is 2.28. The van der Waals surface area contributed by atoms with Gasteiger partial charge in [0.2, 0.25) is 11.7 Å². The fraction of sp³-hybridized carbons (Fsp3) is 0.545. The molecule has 0 fully saturated rings. The van der Waals surface area contributed by atoms with Crippen LogP contribution in [0.25, 0.3) is 0 Å². The maximum absolute atomic E-state index is 11.6. The number of nitrogens with two attached hydrogens (primary N) is 1. The van der Waals surface area contributed by atoms with E-state index in [2.05, 4.69) is 15.3 Å². The minimum atomic E-state index is -1.02. The smallest absolute Gasteiger partial charge is 0.295 e. The van der Waals surface area contributed by atoms with Crippen molar-refractivity contribution >= 4 is 11.7 Å². The van der Waals surface area contributed by atoms with Gasteiger partial charge in [-0.25, -0.2) is 4.98 Å². The molecule has 7 heteroatoms. The summed E-state index contributed by atoms with van der Waals surface area (Å²) < 4.78 is 4.96. The Bertz CT molecular complexity index is 497. The van der Waals surface area contributed by atoms with Gasteiger partial charge in [-0.15, -0.1) is 0 Å². The van der Waals surface area contributed by atoms with Gasteiger partial charge in [0.15, 0.2) is 5.82 Å². The summed E-state index contributed by atoms with van der Waals surface area (Å²) in [5.74, 6) is -0.399. The highest BCUT2D eigenvalue weighted by atomic mass is 16.5. The van der Waals surface area contributed by atoms with Crippen LogP contribution in [0.5, 0.6) is 5.75 Å². The van der Waals surface area contributed by atoms with Gasteiger partial charge in [-0.1, -0.05) is 13.8 Å². The van der Waals surface area contributed by atoms with E-state index in [1.807, 2.05) is 13.8 Å². The molecule has 1 rings (SSSR count). The molecule has 0 aliphatic heterocycles. The molecular weight excluding hydrogens is 236 g/mol. The molecule has 1 aromatic rings. The van der Waals surface area contributed by atoms with Crippen LogP contribution < -0.4 is 21.3 Å². The number of hydrogen-bond acceptors (Lipinski definition) is 5. The number of nitrogens with zero attached hydrogens (tertiary/aromatic N) is 1. The Kier molecular flexibility index (Phi) is 3.95. The summed E-state index contributed by atoms with van der Waals surface area (Å²) in [5, 5.41) is 2.88. The first-order valence-corrected chi connectivity index (χ1v) is 5.52. The Labute approximate surface area is 105 Å². The Hall–Kier alpha value is -2.05. The van der Waals surface area contributed by atoms with Gasteiger partial charge in [0.1, 0.15) is 5.54 Å². The number of rotatable bonds is 5. The minimum absolute atomic E-state index is 0.0191. The van der Waals surface area contributed by atoms with E-state index < -0.39 is 17.0 Å². The predicted molar refractivity (Wildman–Crippen MR) is 67.5 cm³/mol. The second-order valence-electron chi connectivity index (χ2n) is 4.46. The lowest BCUT2D eigenvalue weighted by atomic mass is 9.87. The lowest BCUT2D eigenvalue weighted by molar-refractivity contribution is -0.123. The first-order chi connectivity index (χ1) is 8.32. The van der Waals surface area contributed by atoms with Crippen molar-refractivity contribution in [3.63, 3.8) is 0 Å². The predicted octanol–water partition coefficient (Wildman–Crippen LogP) is 0.0904. The summed E-state index contributed by atoms with van der Waals surface area (Å²) in [6.45, 7) is 5.34. The van der Waals surface area contributed by atoms with E-state index in [4.69, 9.17) is 10.5 Å². The van der Waals surface area contributed by atoms with Crippen molar-refractivity contribution in [1.29, 1.82) is 0 Å². The number of primary amides is 1. The molecule has 0 saturated heterocycles. The average molecular weight is 254 g/mol. The number of anilines is 1. The summed E-state index contributed by atoms with van der Waals surface area (Å²) in [6.07, 6.45) is 1.23. The maximum atomic E-state index is 11.6.